The van der Waals surface area contributed by atoms with Gasteiger partial charge in [-0.05, 0) is 36.4 Å². The van der Waals surface area contributed by atoms with Gasteiger partial charge in [0.05, 0.1) is 6.26 Å². The molecule has 3 aromatic rings. The Morgan fingerprint density at radius 2 is 1.79 bits per heavy atom. The van der Waals surface area contributed by atoms with E-state index < -0.39 is 5.91 Å². The van der Waals surface area contributed by atoms with Crippen LogP contribution in [0.25, 0.3) is 23.1 Å². The lowest BCUT2D eigenvalue weighted by Gasteiger charge is -1.96. The van der Waals surface area contributed by atoms with Crippen molar-refractivity contribution in [1.82, 2.24) is 10.2 Å². The van der Waals surface area contributed by atoms with E-state index in [0.717, 1.165) is 0 Å². The highest BCUT2D eigenvalue weighted by Crippen LogP contribution is 2.24. The number of carbonyl (C=O) groups is 1. The van der Waals surface area contributed by atoms with Crippen LogP contribution in [-0.4, -0.2) is 16.1 Å². The molecule has 3 rings (SSSR count). The number of aromatic nitrogens is 2. The van der Waals surface area contributed by atoms with Crippen LogP contribution < -0.4 is 5.73 Å². The number of carbonyl (C=O) groups excluding carboxylic acids is 1. The first-order valence-electron chi connectivity index (χ1n) is 5.51. The zero-order valence-corrected chi connectivity index (χ0v) is 9.74. The van der Waals surface area contributed by atoms with E-state index >= 15 is 0 Å². The van der Waals surface area contributed by atoms with Crippen molar-refractivity contribution in [2.24, 2.45) is 5.73 Å². The number of rotatable bonds is 3. The average Bonchev–Trinajstić information content (AvgIpc) is 3.10. The Kier molecular flexibility index (Phi) is 2.60. The Labute approximate surface area is 107 Å². The summed E-state index contributed by atoms with van der Waals surface area (Å²) in [7, 11) is 0. The maximum Gasteiger partial charge on any atom is 0.283 e. The molecule has 6 heteroatoms. The molecule has 1 amide bonds. The lowest BCUT2D eigenvalue weighted by Crippen LogP contribution is -2.10. The van der Waals surface area contributed by atoms with Crippen molar-refractivity contribution in [1.29, 1.82) is 0 Å². The van der Waals surface area contributed by atoms with E-state index in [0.29, 0.717) is 28.7 Å². The molecule has 0 aliphatic heterocycles. The van der Waals surface area contributed by atoms with Gasteiger partial charge < -0.3 is 14.6 Å². The van der Waals surface area contributed by atoms with E-state index in [4.69, 9.17) is 14.6 Å². The summed E-state index contributed by atoms with van der Waals surface area (Å²) in [6.45, 7) is 0. The van der Waals surface area contributed by atoms with Crippen LogP contribution in [-0.2, 0) is 0 Å². The first kappa shape index (κ1) is 11.2. The summed E-state index contributed by atoms with van der Waals surface area (Å²) in [5.74, 6) is 0.683. The standard InChI is InChI=1S/C13H9N3O3/c14-11(17)8-3-5-9(6-4-8)12-15-16-13(19-12)10-2-1-7-18-10/h1-7H,(H2,14,17). The van der Waals surface area contributed by atoms with Crippen molar-refractivity contribution < 1.29 is 13.6 Å². The summed E-state index contributed by atoms with van der Waals surface area (Å²) in [6.07, 6.45) is 1.53. The monoisotopic (exact) mass is 255 g/mol. The number of hydrogen-bond donors (Lipinski definition) is 1. The molecule has 2 heterocycles. The molecule has 94 valence electrons. The Balaban J connectivity index is 1.92. The molecular weight excluding hydrogens is 246 g/mol. The van der Waals surface area contributed by atoms with Gasteiger partial charge in [0.2, 0.25) is 11.8 Å². The highest BCUT2D eigenvalue weighted by atomic mass is 16.4. The number of primary amides is 1. The third kappa shape index (κ3) is 2.11. The third-order valence-corrected chi connectivity index (χ3v) is 2.57. The van der Waals surface area contributed by atoms with Crippen LogP contribution in [0.1, 0.15) is 10.4 Å². The SMILES string of the molecule is NC(=O)c1ccc(-c2nnc(-c3ccco3)o2)cc1. The molecule has 0 unspecified atom stereocenters. The van der Waals surface area contributed by atoms with Gasteiger partial charge in [-0.15, -0.1) is 10.2 Å². The third-order valence-electron chi connectivity index (χ3n) is 2.57. The second-order valence-electron chi connectivity index (χ2n) is 3.83. The van der Waals surface area contributed by atoms with E-state index in [-0.39, 0.29) is 0 Å². The summed E-state index contributed by atoms with van der Waals surface area (Å²) >= 11 is 0. The Hall–Kier alpha value is -2.89. The predicted molar refractivity (Wildman–Crippen MR) is 66.0 cm³/mol. The van der Waals surface area contributed by atoms with Gasteiger partial charge in [-0.25, -0.2) is 0 Å². The second kappa shape index (κ2) is 4.41. The summed E-state index contributed by atoms with van der Waals surface area (Å²) in [4.78, 5) is 11.0. The van der Waals surface area contributed by atoms with Gasteiger partial charge in [-0.1, -0.05) is 0 Å². The summed E-state index contributed by atoms with van der Waals surface area (Å²) in [5.41, 5.74) is 6.30. The maximum absolute atomic E-state index is 11.0. The number of benzene rings is 1. The van der Waals surface area contributed by atoms with Crippen LogP contribution in [0.15, 0.2) is 51.5 Å². The van der Waals surface area contributed by atoms with Gasteiger partial charge in [0.1, 0.15) is 0 Å². The fourth-order valence-electron chi connectivity index (χ4n) is 1.62. The van der Waals surface area contributed by atoms with Crippen molar-refractivity contribution in [3.63, 3.8) is 0 Å². The molecule has 0 saturated heterocycles. The fourth-order valence-corrected chi connectivity index (χ4v) is 1.62. The molecule has 2 N–H and O–H groups in total. The van der Waals surface area contributed by atoms with E-state index in [1.165, 1.54) is 6.26 Å². The van der Waals surface area contributed by atoms with Gasteiger partial charge in [-0.2, -0.15) is 0 Å². The zero-order valence-electron chi connectivity index (χ0n) is 9.74. The maximum atomic E-state index is 11.0. The molecule has 0 bridgehead atoms. The minimum Gasteiger partial charge on any atom is -0.459 e. The molecular formula is C13H9N3O3. The van der Waals surface area contributed by atoms with Gasteiger partial charge in [0.15, 0.2) is 5.76 Å². The molecule has 6 nitrogen and oxygen atoms in total. The number of furan rings is 1. The molecule has 0 spiro atoms. The van der Waals surface area contributed by atoms with Crippen molar-refractivity contribution in [3.05, 3.63) is 48.2 Å². The number of nitrogens with two attached hydrogens (primary N) is 1. The van der Waals surface area contributed by atoms with Gasteiger partial charge >= 0.3 is 0 Å². The molecule has 0 saturated carbocycles. The Morgan fingerprint density at radius 3 is 2.42 bits per heavy atom. The second-order valence-corrected chi connectivity index (χ2v) is 3.83. The molecule has 0 aliphatic carbocycles. The van der Waals surface area contributed by atoms with Crippen molar-refractivity contribution >= 4 is 5.91 Å². The van der Waals surface area contributed by atoms with Crippen LogP contribution in [0, 0.1) is 0 Å². The molecule has 2 aromatic heterocycles. The fraction of sp³-hybridized carbons (Fsp3) is 0. The lowest BCUT2D eigenvalue weighted by molar-refractivity contribution is 0.100. The highest BCUT2D eigenvalue weighted by molar-refractivity contribution is 5.93. The summed E-state index contributed by atoms with van der Waals surface area (Å²) < 4.78 is 10.6. The Bertz CT molecular complexity index is 699. The van der Waals surface area contributed by atoms with Crippen molar-refractivity contribution in [2.45, 2.75) is 0 Å². The van der Waals surface area contributed by atoms with Crippen LogP contribution >= 0.6 is 0 Å². The number of amides is 1. The van der Waals surface area contributed by atoms with Crippen LogP contribution in [0.4, 0.5) is 0 Å². The zero-order chi connectivity index (χ0) is 13.2. The number of nitrogens with zero attached hydrogens (tertiary/aromatic N) is 2. The van der Waals surface area contributed by atoms with E-state index in [9.17, 15) is 4.79 Å². The van der Waals surface area contributed by atoms with Crippen molar-refractivity contribution in [2.75, 3.05) is 0 Å². The topological polar surface area (TPSA) is 95.2 Å². The minimum atomic E-state index is -0.478. The summed E-state index contributed by atoms with van der Waals surface area (Å²) in [5, 5.41) is 7.81. The van der Waals surface area contributed by atoms with E-state index in [1.54, 1.807) is 36.4 Å². The molecule has 19 heavy (non-hydrogen) atoms. The largest absolute Gasteiger partial charge is 0.459 e. The van der Waals surface area contributed by atoms with Crippen LogP contribution in [0.2, 0.25) is 0 Å². The number of hydrogen-bond acceptors (Lipinski definition) is 5. The van der Waals surface area contributed by atoms with E-state index in [2.05, 4.69) is 10.2 Å². The predicted octanol–water partition coefficient (Wildman–Crippen LogP) is 2.10. The van der Waals surface area contributed by atoms with Gasteiger partial charge in [0.25, 0.3) is 5.89 Å². The average molecular weight is 255 g/mol. The van der Waals surface area contributed by atoms with Crippen LogP contribution in [0.3, 0.4) is 0 Å². The molecule has 1 aromatic carbocycles. The van der Waals surface area contributed by atoms with Crippen molar-refractivity contribution in [3.8, 4) is 23.1 Å². The first-order valence-corrected chi connectivity index (χ1v) is 5.51. The smallest absolute Gasteiger partial charge is 0.283 e. The van der Waals surface area contributed by atoms with Gasteiger partial charge in [0, 0.05) is 11.1 Å². The van der Waals surface area contributed by atoms with Crippen LogP contribution in [0.5, 0.6) is 0 Å². The minimum absolute atomic E-state index is 0.305. The van der Waals surface area contributed by atoms with Gasteiger partial charge in [-0.3, -0.25) is 4.79 Å². The normalized spacial score (nSPS) is 10.5. The summed E-state index contributed by atoms with van der Waals surface area (Å²) in [6, 6.07) is 10.1. The lowest BCUT2D eigenvalue weighted by atomic mass is 10.1. The first-order chi connectivity index (χ1) is 9.24. The quantitative estimate of drug-likeness (QED) is 0.773. The molecule has 0 atom stereocenters. The highest BCUT2D eigenvalue weighted by Gasteiger charge is 2.12. The van der Waals surface area contributed by atoms with E-state index in [1.807, 2.05) is 0 Å². The molecule has 0 fully saturated rings. The Morgan fingerprint density at radius 1 is 1.05 bits per heavy atom. The molecule has 0 aliphatic rings. The molecule has 0 radical (unpaired) electrons.